The summed E-state index contributed by atoms with van der Waals surface area (Å²) in [7, 11) is 0. The SMILES string of the molecule is N#CNC(N)=C(C#N)C#N.[NaH]. The summed E-state index contributed by atoms with van der Waals surface area (Å²) in [5.41, 5.74) is 4.76. The van der Waals surface area contributed by atoms with E-state index in [-0.39, 0.29) is 41.0 Å². The van der Waals surface area contributed by atoms with Crippen LogP contribution in [0, 0.1) is 34.1 Å². The normalized spacial score (nSPS) is 5.55. The predicted molar refractivity (Wildman–Crippen MR) is 38.3 cm³/mol. The molecule has 5 nitrogen and oxygen atoms in total. The molecule has 0 bridgehead atoms. The van der Waals surface area contributed by atoms with Crippen LogP contribution in [-0.4, -0.2) is 29.6 Å². The van der Waals surface area contributed by atoms with Gasteiger partial charge in [-0.05, 0) is 0 Å². The molecule has 11 heavy (non-hydrogen) atoms. The molecule has 0 fully saturated rings. The van der Waals surface area contributed by atoms with Gasteiger partial charge in [0.1, 0.15) is 18.0 Å². The second-order valence-electron chi connectivity index (χ2n) is 1.25. The topological polar surface area (TPSA) is 109 Å². The first kappa shape index (κ1) is 12.5. The maximum absolute atomic E-state index is 8.16. The quantitative estimate of drug-likeness (QED) is 0.211. The van der Waals surface area contributed by atoms with E-state index in [0.29, 0.717) is 0 Å². The first-order valence-corrected chi connectivity index (χ1v) is 2.21. The average Bonchev–Trinajstić information content (AvgIpc) is 1.91. The van der Waals surface area contributed by atoms with Crippen molar-refractivity contribution in [1.82, 2.24) is 5.32 Å². The van der Waals surface area contributed by atoms with Crippen molar-refractivity contribution >= 4 is 29.6 Å². The van der Waals surface area contributed by atoms with E-state index in [1.54, 1.807) is 0 Å². The van der Waals surface area contributed by atoms with E-state index in [1.807, 2.05) is 5.32 Å². The van der Waals surface area contributed by atoms with Gasteiger partial charge in [-0.1, -0.05) is 0 Å². The summed E-state index contributed by atoms with van der Waals surface area (Å²) in [5.74, 6) is -0.215. The van der Waals surface area contributed by atoms with E-state index in [4.69, 9.17) is 21.5 Å². The number of hydrogen-bond acceptors (Lipinski definition) is 5. The van der Waals surface area contributed by atoms with Crippen LogP contribution in [-0.2, 0) is 0 Å². The molecular formula is C5H4N5Na. The molecular weight excluding hydrogens is 153 g/mol. The van der Waals surface area contributed by atoms with Crippen LogP contribution in [0.1, 0.15) is 0 Å². The third-order valence-electron chi connectivity index (χ3n) is 0.684. The number of nitrogens with one attached hydrogen (secondary N) is 1. The predicted octanol–water partition coefficient (Wildman–Crippen LogP) is -1.37. The molecule has 0 aromatic rings. The molecule has 0 saturated heterocycles. The van der Waals surface area contributed by atoms with Crippen molar-refractivity contribution in [3.05, 3.63) is 11.4 Å². The Morgan fingerprint density at radius 3 is 1.91 bits per heavy atom. The van der Waals surface area contributed by atoms with Gasteiger partial charge in [-0.25, -0.2) is 0 Å². The van der Waals surface area contributed by atoms with Gasteiger partial charge in [-0.2, -0.15) is 15.8 Å². The van der Waals surface area contributed by atoms with Crippen LogP contribution in [0.15, 0.2) is 11.4 Å². The van der Waals surface area contributed by atoms with Crippen molar-refractivity contribution in [2.75, 3.05) is 0 Å². The van der Waals surface area contributed by atoms with Gasteiger partial charge >= 0.3 is 29.6 Å². The van der Waals surface area contributed by atoms with Crippen molar-refractivity contribution < 1.29 is 0 Å². The molecule has 0 saturated carbocycles. The Morgan fingerprint density at radius 1 is 1.18 bits per heavy atom. The zero-order chi connectivity index (χ0) is 7.98. The van der Waals surface area contributed by atoms with E-state index in [0.717, 1.165) is 0 Å². The third kappa shape index (κ3) is 4.25. The molecule has 0 aliphatic rings. The molecule has 50 valence electrons. The minimum atomic E-state index is -0.290. The molecule has 0 amide bonds. The summed E-state index contributed by atoms with van der Waals surface area (Å²) in [4.78, 5) is 0. The van der Waals surface area contributed by atoms with Gasteiger partial charge < -0.3 is 5.73 Å². The Labute approximate surface area is 86.0 Å². The Kier molecular flexibility index (Phi) is 7.86. The first-order chi connectivity index (χ1) is 4.76. The van der Waals surface area contributed by atoms with Crippen molar-refractivity contribution in [2.24, 2.45) is 5.73 Å². The zero-order valence-electron chi connectivity index (χ0n) is 4.92. The number of nitrogens with two attached hydrogens (primary N) is 1. The van der Waals surface area contributed by atoms with E-state index in [2.05, 4.69) is 0 Å². The Balaban J connectivity index is 0. The number of allylic oxidation sites excluding steroid dienone is 1. The molecule has 0 atom stereocenters. The minimum absolute atomic E-state index is 0. The summed E-state index contributed by atoms with van der Waals surface area (Å²) in [6.45, 7) is 0. The molecule has 3 N–H and O–H groups in total. The van der Waals surface area contributed by atoms with E-state index >= 15 is 0 Å². The monoisotopic (exact) mass is 157 g/mol. The first-order valence-electron chi connectivity index (χ1n) is 2.21. The van der Waals surface area contributed by atoms with Crippen LogP contribution in [0.25, 0.3) is 0 Å². The van der Waals surface area contributed by atoms with E-state index < -0.39 is 0 Å². The van der Waals surface area contributed by atoms with E-state index in [1.165, 1.54) is 18.3 Å². The number of nitriles is 3. The molecule has 0 aliphatic heterocycles. The fourth-order valence-corrected chi connectivity index (χ4v) is 0.268. The standard InChI is InChI=1S/C5H3N5.Na.H/c6-1-4(2-7)5(9)10-3-8;;/h10H,9H2;;. The van der Waals surface area contributed by atoms with Crippen LogP contribution >= 0.6 is 0 Å². The fourth-order valence-electron chi connectivity index (χ4n) is 0.268. The van der Waals surface area contributed by atoms with Crippen molar-refractivity contribution in [1.29, 1.82) is 15.8 Å². The second kappa shape index (κ2) is 6.92. The van der Waals surface area contributed by atoms with Gasteiger partial charge in [0, 0.05) is 0 Å². The summed E-state index contributed by atoms with van der Waals surface area (Å²) in [6, 6.07) is 3.03. The summed E-state index contributed by atoms with van der Waals surface area (Å²) >= 11 is 0. The molecule has 0 unspecified atom stereocenters. The van der Waals surface area contributed by atoms with E-state index in [9.17, 15) is 0 Å². The summed E-state index contributed by atoms with van der Waals surface area (Å²) in [6.07, 6.45) is 1.48. The molecule has 6 heteroatoms. The van der Waals surface area contributed by atoms with Crippen LogP contribution in [0.4, 0.5) is 0 Å². The Bertz CT molecular complexity index is 257. The van der Waals surface area contributed by atoms with Gasteiger partial charge in [0.05, 0.1) is 0 Å². The molecule has 0 aromatic heterocycles. The van der Waals surface area contributed by atoms with Crippen molar-refractivity contribution in [3.63, 3.8) is 0 Å². The molecule has 0 aliphatic carbocycles. The van der Waals surface area contributed by atoms with Crippen LogP contribution in [0.5, 0.6) is 0 Å². The molecule has 0 rings (SSSR count). The number of hydrogen-bond donors (Lipinski definition) is 2. The summed E-state index contributed by atoms with van der Waals surface area (Å²) in [5, 5.41) is 26.3. The van der Waals surface area contributed by atoms with Crippen LogP contribution < -0.4 is 11.1 Å². The van der Waals surface area contributed by atoms with Gasteiger partial charge in [0.2, 0.25) is 0 Å². The average molecular weight is 157 g/mol. The molecule has 0 spiro atoms. The Morgan fingerprint density at radius 2 is 1.64 bits per heavy atom. The van der Waals surface area contributed by atoms with Crippen LogP contribution in [0.2, 0.25) is 0 Å². The van der Waals surface area contributed by atoms with Crippen LogP contribution in [0.3, 0.4) is 0 Å². The number of rotatable bonds is 1. The second-order valence-corrected chi connectivity index (χ2v) is 1.25. The molecule has 0 heterocycles. The fraction of sp³-hybridized carbons (Fsp3) is 0. The molecule has 0 aromatic carbocycles. The van der Waals surface area contributed by atoms with Gasteiger partial charge in [0.15, 0.2) is 11.8 Å². The maximum atomic E-state index is 8.16. The van der Waals surface area contributed by atoms with Crippen molar-refractivity contribution in [3.8, 4) is 18.3 Å². The van der Waals surface area contributed by atoms with Gasteiger partial charge in [0.25, 0.3) is 0 Å². The van der Waals surface area contributed by atoms with Crippen molar-refractivity contribution in [2.45, 2.75) is 0 Å². The van der Waals surface area contributed by atoms with Gasteiger partial charge in [-0.15, -0.1) is 0 Å². The summed E-state index contributed by atoms with van der Waals surface area (Å²) < 4.78 is 0. The zero-order valence-corrected chi connectivity index (χ0v) is 4.92. The Hall–Kier alpha value is -1.19. The van der Waals surface area contributed by atoms with Gasteiger partial charge in [-0.3, -0.25) is 5.32 Å². The number of nitrogens with zero attached hydrogens (tertiary/aromatic N) is 3. The third-order valence-corrected chi connectivity index (χ3v) is 0.684. The molecule has 0 radical (unpaired) electrons.